The number of nitrogens with one attached hydrogen (secondary N) is 2. The molecule has 2 amide bonds. The van der Waals surface area contributed by atoms with E-state index < -0.39 is 28.2 Å². The number of fused-ring (bicyclic) bond motifs is 2. The summed E-state index contributed by atoms with van der Waals surface area (Å²) in [6, 6.07) is 2.32. The second-order valence-electron chi connectivity index (χ2n) is 8.10. The third kappa shape index (κ3) is 3.38. The molecule has 0 saturated carbocycles. The number of nitrogens with zero attached hydrogens (tertiary/aromatic N) is 2. The zero-order chi connectivity index (χ0) is 20.9. The lowest BCUT2D eigenvalue weighted by atomic mass is 9.99. The number of carbonyl (C=O) groups excluding carboxylic acids is 1. The van der Waals surface area contributed by atoms with E-state index in [9.17, 15) is 18.3 Å². The number of benzene rings is 1. The van der Waals surface area contributed by atoms with E-state index in [-0.39, 0.29) is 18.2 Å². The molecule has 2 unspecified atom stereocenters. The number of carbonyl (C=O) groups is 1. The first kappa shape index (κ1) is 19.5. The summed E-state index contributed by atoms with van der Waals surface area (Å²) in [5.41, 5.74) is 5.54. The van der Waals surface area contributed by atoms with Gasteiger partial charge in [0.25, 0.3) is 10.0 Å². The number of aliphatic hydroxyl groups is 1. The Kier molecular flexibility index (Phi) is 4.79. The summed E-state index contributed by atoms with van der Waals surface area (Å²) in [5.74, 6) is 0. The predicted molar refractivity (Wildman–Crippen MR) is 108 cm³/mol. The van der Waals surface area contributed by atoms with Gasteiger partial charge in [0.05, 0.1) is 13.2 Å². The normalized spacial score (nSPS) is 22.7. The average Bonchev–Trinajstić information content (AvgIpc) is 3.47. The summed E-state index contributed by atoms with van der Waals surface area (Å²) in [6.07, 6.45) is 6.56. The van der Waals surface area contributed by atoms with Crippen LogP contribution in [-0.2, 0) is 40.4 Å². The fourth-order valence-electron chi connectivity index (χ4n) is 4.71. The van der Waals surface area contributed by atoms with Crippen LogP contribution in [-0.4, -0.2) is 48.7 Å². The first-order valence-electron chi connectivity index (χ1n) is 10.2. The van der Waals surface area contributed by atoms with Gasteiger partial charge >= 0.3 is 6.03 Å². The molecule has 3 aliphatic rings. The Hall–Kier alpha value is -2.43. The summed E-state index contributed by atoms with van der Waals surface area (Å²) in [4.78, 5) is 12.6. The second kappa shape index (κ2) is 7.36. The third-order valence-electron chi connectivity index (χ3n) is 6.16. The summed E-state index contributed by atoms with van der Waals surface area (Å²) in [7, 11) is -4.15. The molecule has 10 heteroatoms. The molecule has 3 N–H and O–H groups in total. The van der Waals surface area contributed by atoms with Gasteiger partial charge in [-0.2, -0.15) is 13.5 Å². The highest BCUT2D eigenvalue weighted by molar-refractivity contribution is 7.90. The lowest BCUT2D eigenvalue weighted by molar-refractivity contribution is 0.117. The highest BCUT2D eigenvalue weighted by Crippen LogP contribution is 2.38. The Morgan fingerprint density at radius 1 is 1.13 bits per heavy atom. The maximum absolute atomic E-state index is 12.7. The zero-order valence-corrected chi connectivity index (χ0v) is 17.2. The Bertz CT molecular complexity index is 1080. The second-order valence-corrected chi connectivity index (χ2v) is 9.73. The first-order valence-corrected chi connectivity index (χ1v) is 11.7. The Morgan fingerprint density at radius 2 is 1.83 bits per heavy atom. The number of urea groups is 1. The van der Waals surface area contributed by atoms with Crippen LogP contribution in [0.25, 0.3) is 0 Å². The molecule has 0 bridgehead atoms. The summed E-state index contributed by atoms with van der Waals surface area (Å²) < 4.78 is 34.0. The SMILES string of the molecule is O=C(Nc1c2c(cc3c1CCC3)CCC2)NS(=O)(=O)c1ccn(C2COCC2O)n1. The van der Waals surface area contributed by atoms with Gasteiger partial charge in [-0.3, -0.25) is 4.68 Å². The van der Waals surface area contributed by atoms with Crippen molar-refractivity contribution in [2.24, 2.45) is 0 Å². The van der Waals surface area contributed by atoms with Gasteiger partial charge in [-0.25, -0.2) is 9.52 Å². The summed E-state index contributed by atoms with van der Waals surface area (Å²) in [5, 5.41) is 16.5. The number of hydrogen-bond acceptors (Lipinski definition) is 6. The van der Waals surface area contributed by atoms with Crippen molar-refractivity contribution in [1.29, 1.82) is 0 Å². The van der Waals surface area contributed by atoms with Crippen LogP contribution < -0.4 is 10.0 Å². The van der Waals surface area contributed by atoms with Gasteiger partial charge in [-0.05, 0) is 66.8 Å². The lowest BCUT2D eigenvalue weighted by Crippen LogP contribution is -2.35. The molecule has 9 nitrogen and oxygen atoms in total. The van der Waals surface area contributed by atoms with Crippen LogP contribution in [0.15, 0.2) is 23.4 Å². The molecule has 30 heavy (non-hydrogen) atoms. The van der Waals surface area contributed by atoms with Gasteiger partial charge in [0.2, 0.25) is 0 Å². The van der Waals surface area contributed by atoms with Crippen molar-refractivity contribution < 1.29 is 23.1 Å². The molecular formula is C20H24N4O5S. The molecule has 1 aliphatic heterocycles. The van der Waals surface area contributed by atoms with E-state index in [4.69, 9.17) is 4.74 Å². The number of rotatable bonds is 4. The molecule has 1 fully saturated rings. The van der Waals surface area contributed by atoms with Crippen LogP contribution in [0.2, 0.25) is 0 Å². The smallest absolute Gasteiger partial charge is 0.333 e. The van der Waals surface area contributed by atoms with Gasteiger partial charge in [0.15, 0.2) is 5.03 Å². The number of aryl methyl sites for hydroxylation is 2. The van der Waals surface area contributed by atoms with E-state index in [1.165, 1.54) is 28.1 Å². The topological polar surface area (TPSA) is 123 Å². The number of aliphatic hydroxyl groups excluding tert-OH is 1. The Balaban J connectivity index is 1.35. The lowest BCUT2D eigenvalue weighted by Gasteiger charge is -2.16. The highest BCUT2D eigenvalue weighted by atomic mass is 32.2. The van der Waals surface area contributed by atoms with E-state index in [1.54, 1.807) is 0 Å². The molecule has 1 aromatic heterocycles. The molecule has 0 spiro atoms. The molecule has 5 rings (SSSR count). The molecule has 2 atom stereocenters. The van der Waals surface area contributed by atoms with E-state index >= 15 is 0 Å². The molecule has 2 heterocycles. The molecule has 160 valence electrons. The van der Waals surface area contributed by atoms with E-state index in [2.05, 4.69) is 21.2 Å². The minimum absolute atomic E-state index is 0.180. The van der Waals surface area contributed by atoms with E-state index in [0.29, 0.717) is 0 Å². The van der Waals surface area contributed by atoms with Crippen LogP contribution in [0.4, 0.5) is 10.5 Å². The third-order valence-corrected chi connectivity index (χ3v) is 7.38. The zero-order valence-electron chi connectivity index (χ0n) is 16.4. The van der Waals surface area contributed by atoms with Crippen molar-refractivity contribution in [3.8, 4) is 0 Å². The van der Waals surface area contributed by atoms with Gasteiger partial charge < -0.3 is 15.2 Å². The number of aromatic nitrogens is 2. The standard InChI is InChI=1S/C20H24N4O5S/c25-17-11-29-10-16(17)24-8-7-18(22-24)30(27,28)23-20(26)21-19-14-5-1-3-12(14)9-13-4-2-6-15(13)19/h7-9,16-17,25H,1-6,10-11H2,(H2,21,23,26). The van der Waals surface area contributed by atoms with E-state index in [1.807, 2.05) is 0 Å². The maximum atomic E-state index is 12.7. The molecule has 1 saturated heterocycles. The highest BCUT2D eigenvalue weighted by Gasteiger charge is 2.31. The fraction of sp³-hybridized carbons (Fsp3) is 0.500. The number of anilines is 1. The Morgan fingerprint density at radius 3 is 2.47 bits per heavy atom. The van der Waals surface area contributed by atoms with Crippen molar-refractivity contribution in [2.45, 2.75) is 55.7 Å². The largest absolute Gasteiger partial charge is 0.388 e. The van der Waals surface area contributed by atoms with Crippen LogP contribution in [0, 0.1) is 0 Å². The first-order chi connectivity index (χ1) is 14.4. The molecule has 0 radical (unpaired) electrons. The molecule has 2 aliphatic carbocycles. The average molecular weight is 433 g/mol. The van der Waals surface area contributed by atoms with Crippen LogP contribution >= 0.6 is 0 Å². The van der Waals surface area contributed by atoms with Crippen molar-refractivity contribution in [1.82, 2.24) is 14.5 Å². The van der Waals surface area contributed by atoms with Gasteiger partial charge in [0.1, 0.15) is 12.1 Å². The van der Waals surface area contributed by atoms with Crippen LogP contribution in [0.3, 0.4) is 0 Å². The monoisotopic (exact) mass is 432 g/mol. The number of sulfonamides is 1. The minimum atomic E-state index is -4.15. The predicted octanol–water partition coefficient (Wildman–Crippen LogP) is 1.30. The van der Waals surface area contributed by atoms with Crippen molar-refractivity contribution in [2.75, 3.05) is 18.5 Å². The quantitative estimate of drug-likeness (QED) is 0.669. The summed E-state index contributed by atoms with van der Waals surface area (Å²) >= 11 is 0. The fourth-order valence-corrected chi connectivity index (χ4v) is 5.55. The summed E-state index contributed by atoms with van der Waals surface area (Å²) in [6.45, 7) is 0.430. The maximum Gasteiger partial charge on any atom is 0.333 e. The van der Waals surface area contributed by atoms with Gasteiger partial charge in [-0.15, -0.1) is 0 Å². The van der Waals surface area contributed by atoms with E-state index in [0.717, 1.165) is 55.3 Å². The Labute approximate surface area is 174 Å². The van der Waals surface area contributed by atoms with Crippen molar-refractivity contribution in [3.63, 3.8) is 0 Å². The van der Waals surface area contributed by atoms with Crippen molar-refractivity contribution >= 4 is 21.7 Å². The molecule has 2 aromatic rings. The van der Waals surface area contributed by atoms with Gasteiger partial charge in [-0.1, -0.05) is 6.07 Å². The van der Waals surface area contributed by atoms with Crippen LogP contribution in [0.1, 0.15) is 41.1 Å². The van der Waals surface area contributed by atoms with Gasteiger partial charge in [0, 0.05) is 11.9 Å². The number of ether oxygens (including phenoxy) is 1. The number of hydrogen-bond donors (Lipinski definition) is 3. The number of amides is 2. The minimum Gasteiger partial charge on any atom is -0.388 e. The molecule has 1 aromatic carbocycles. The molecular weight excluding hydrogens is 408 g/mol. The van der Waals surface area contributed by atoms with Crippen molar-refractivity contribution in [3.05, 3.63) is 40.6 Å². The van der Waals surface area contributed by atoms with Crippen LogP contribution in [0.5, 0.6) is 0 Å².